The predicted octanol–water partition coefficient (Wildman–Crippen LogP) is 3.77. The Kier molecular flexibility index (Phi) is 6.82. The maximum absolute atomic E-state index is 3.73. The number of nitrogens with one attached hydrogen (secondary N) is 1. The van der Waals surface area contributed by atoms with Crippen LogP contribution in [0.1, 0.15) is 60.3 Å². The molecule has 114 valence electrons. The van der Waals surface area contributed by atoms with Crippen LogP contribution in [-0.4, -0.2) is 37.6 Å². The zero-order valence-corrected chi connectivity index (χ0v) is 14.1. The standard InChI is InChI=1S/C17H36N2/c1-14(2)11-18-12-17(13-19(6)15(3)4)9-7-16(5)8-10-17/h14-16,18H,7-13H2,1-6H3. The van der Waals surface area contributed by atoms with Crippen molar-refractivity contribution in [1.82, 2.24) is 10.2 Å². The Morgan fingerprint density at radius 2 is 1.74 bits per heavy atom. The van der Waals surface area contributed by atoms with Gasteiger partial charge in [-0.15, -0.1) is 0 Å². The van der Waals surface area contributed by atoms with Crippen LogP contribution in [0.5, 0.6) is 0 Å². The highest BCUT2D eigenvalue weighted by molar-refractivity contribution is 4.89. The van der Waals surface area contributed by atoms with Crippen molar-refractivity contribution in [2.24, 2.45) is 17.3 Å². The summed E-state index contributed by atoms with van der Waals surface area (Å²) in [5.74, 6) is 1.69. The number of nitrogens with zero attached hydrogens (tertiary/aromatic N) is 1. The van der Waals surface area contributed by atoms with Gasteiger partial charge < -0.3 is 10.2 Å². The van der Waals surface area contributed by atoms with E-state index in [1.807, 2.05) is 0 Å². The minimum absolute atomic E-state index is 0.514. The van der Waals surface area contributed by atoms with Gasteiger partial charge in [-0.3, -0.25) is 0 Å². The van der Waals surface area contributed by atoms with Gasteiger partial charge >= 0.3 is 0 Å². The Bertz CT molecular complexity index is 240. The van der Waals surface area contributed by atoms with Crippen molar-refractivity contribution in [3.63, 3.8) is 0 Å². The van der Waals surface area contributed by atoms with Crippen molar-refractivity contribution in [3.8, 4) is 0 Å². The zero-order valence-electron chi connectivity index (χ0n) is 14.1. The molecule has 0 unspecified atom stereocenters. The maximum atomic E-state index is 3.73. The maximum Gasteiger partial charge on any atom is 0.00498 e. The van der Waals surface area contributed by atoms with E-state index in [1.54, 1.807) is 0 Å². The monoisotopic (exact) mass is 268 g/mol. The molecule has 1 aliphatic rings. The Morgan fingerprint density at radius 1 is 1.16 bits per heavy atom. The van der Waals surface area contributed by atoms with Crippen LogP contribution in [0.3, 0.4) is 0 Å². The van der Waals surface area contributed by atoms with Gasteiger partial charge in [-0.25, -0.2) is 0 Å². The summed E-state index contributed by atoms with van der Waals surface area (Å²) < 4.78 is 0. The first-order valence-electron chi connectivity index (χ1n) is 8.25. The third-order valence-corrected chi connectivity index (χ3v) is 4.85. The van der Waals surface area contributed by atoms with Crippen molar-refractivity contribution in [1.29, 1.82) is 0 Å². The molecule has 0 radical (unpaired) electrons. The van der Waals surface area contributed by atoms with Gasteiger partial charge in [0.1, 0.15) is 0 Å². The summed E-state index contributed by atoms with van der Waals surface area (Å²) in [6, 6.07) is 0.654. The molecule has 0 atom stereocenters. The molecule has 0 saturated heterocycles. The lowest BCUT2D eigenvalue weighted by Gasteiger charge is -2.43. The molecule has 0 heterocycles. The first-order valence-corrected chi connectivity index (χ1v) is 8.25. The average Bonchev–Trinajstić information content (AvgIpc) is 2.32. The Hall–Kier alpha value is -0.0800. The molecule has 0 bridgehead atoms. The fourth-order valence-electron chi connectivity index (χ4n) is 3.10. The normalized spacial score (nSPS) is 28.6. The van der Waals surface area contributed by atoms with Crippen LogP contribution >= 0.6 is 0 Å². The molecule has 1 saturated carbocycles. The minimum atomic E-state index is 0.514. The summed E-state index contributed by atoms with van der Waals surface area (Å²) in [6.07, 6.45) is 5.62. The van der Waals surface area contributed by atoms with Crippen LogP contribution in [0.25, 0.3) is 0 Å². The van der Waals surface area contributed by atoms with Crippen molar-refractivity contribution in [2.75, 3.05) is 26.7 Å². The molecule has 0 aromatic rings. The van der Waals surface area contributed by atoms with E-state index in [-0.39, 0.29) is 0 Å². The first kappa shape index (κ1) is 17.0. The van der Waals surface area contributed by atoms with Gasteiger partial charge in [-0.1, -0.05) is 33.6 Å². The molecule has 0 aromatic carbocycles. The molecule has 0 amide bonds. The third-order valence-electron chi connectivity index (χ3n) is 4.85. The zero-order chi connectivity index (χ0) is 14.5. The second-order valence-corrected chi connectivity index (χ2v) is 7.72. The summed E-state index contributed by atoms with van der Waals surface area (Å²) in [6.45, 7) is 15.2. The fraction of sp³-hybridized carbons (Fsp3) is 1.00. The lowest BCUT2D eigenvalue weighted by atomic mass is 9.70. The highest BCUT2D eigenvalue weighted by Gasteiger charge is 2.35. The Balaban J connectivity index is 2.57. The molecule has 1 rings (SSSR count). The highest BCUT2D eigenvalue weighted by atomic mass is 15.1. The van der Waals surface area contributed by atoms with Crippen LogP contribution in [0, 0.1) is 17.3 Å². The SMILES string of the molecule is CC(C)CNCC1(CN(C)C(C)C)CCC(C)CC1. The largest absolute Gasteiger partial charge is 0.316 e. The van der Waals surface area contributed by atoms with E-state index >= 15 is 0 Å². The van der Waals surface area contributed by atoms with E-state index < -0.39 is 0 Å². The molecule has 1 N–H and O–H groups in total. The third kappa shape index (κ3) is 5.83. The Labute approximate surface area is 121 Å². The second kappa shape index (κ2) is 7.64. The van der Waals surface area contributed by atoms with Gasteiger partial charge in [0.05, 0.1) is 0 Å². The Morgan fingerprint density at radius 3 is 2.21 bits per heavy atom. The van der Waals surface area contributed by atoms with Crippen LogP contribution < -0.4 is 5.32 Å². The van der Waals surface area contributed by atoms with Crippen molar-refractivity contribution >= 4 is 0 Å². The quantitative estimate of drug-likeness (QED) is 0.756. The summed E-state index contributed by atoms with van der Waals surface area (Å²) >= 11 is 0. The topological polar surface area (TPSA) is 15.3 Å². The molecule has 2 nitrogen and oxygen atoms in total. The lowest BCUT2D eigenvalue weighted by Crippen LogP contribution is -2.47. The van der Waals surface area contributed by atoms with Crippen molar-refractivity contribution in [2.45, 2.75) is 66.3 Å². The number of hydrogen-bond acceptors (Lipinski definition) is 2. The van der Waals surface area contributed by atoms with Crippen molar-refractivity contribution < 1.29 is 0 Å². The highest BCUT2D eigenvalue weighted by Crippen LogP contribution is 2.39. The summed E-state index contributed by atoms with van der Waals surface area (Å²) in [7, 11) is 2.28. The predicted molar refractivity (Wildman–Crippen MR) is 85.5 cm³/mol. The van der Waals surface area contributed by atoms with Gasteiger partial charge in [-0.05, 0) is 57.5 Å². The van der Waals surface area contributed by atoms with Crippen molar-refractivity contribution in [3.05, 3.63) is 0 Å². The molecule has 0 aromatic heterocycles. The van der Waals surface area contributed by atoms with Crippen LogP contribution in [0.15, 0.2) is 0 Å². The smallest absolute Gasteiger partial charge is 0.00498 e. The molecular weight excluding hydrogens is 232 g/mol. The van der Waals surface area contributed by atoms with Crippen LogP contribution in [-0.2, 0) is 0 Å². The van der Waals surface area contributed by atoms with E-state index in [4.69, 9.17) is 0 Å². The summed E-state index contributed by atoms with van der Waals surface area (Å²) in [4.78, 5) is 2.53. The molecular formula is C17H36N2. The summed E-state index contributed by atoms with van der Waals surface area (Å²) in [5, 5.41) is 3.73. The van der Waals surface area contributed by atoms with Gasteiger partial charge in [-0.2, -0.15) is 0 Å². The van der Waals surface area contributed by atoms with Gasteiger partial charge in [0.2, 0.25) is 0 Å². The number of hydrogen-bond donors (Lipinski definition) is 1. The van der Waals surface area contributed by atoms with Gasteiger partial charge in [0, 0.05) is 19.1 Å². The first-order chi connectivity index (χ1) is 8.84. The lowest BCUT2D eigenvalue weighted by molar-refractivity contribution is 0.0850. The second-order valence-electron chi connectivity index (χ2n) is 7.72. The van der Waals surface area contributed by atoms with E-state index in [1.165, 1.54) is 38.8 Å². The molecule has 0 aliphatic heterocycles. The van der Waals surface area contributed by atoms with Crippen LogP contribution in [0.4, 0.5) is 0 Å². The molecule has 1 aliphatic carbocycles. The van der Waals surface area contributed by atoms with E-state index in [0.717, 1.165) is 18.4 Å². The number of rotatable bonds is 7. The average molecular weight is 268 g/mol. The molecule has 0 spiro atoms. The van der Waals surface area contributed by atoms with E-state index in [2.05, 4.69) is 51.9 Å². The van der Waals surface area contributed by atoms with Gasteiger partial charge in [0.15, 0.2) is 0 Å². The minimum Gasteiger partial charge on any atom is -0.316 e. The van der Waals surface area contributed by atoms with E-state index in [9.17, 15) is 0 Å². The summed E-state index contributed by atoms with van der Waals surface area (Å²) in [5.41, 5.74) is 0.514. The van der Waals surface area contributed by atoms with E-state index in [0.29, 0.717) is 11.5 Å². The van der Waals surface area contributed by atoms with Gasteiger partial charge in [0.25, 0.3) is 0 Å². The molecule has 19 heavy (non-hydrogen) atoms. The molecule has 2 heteroatoms. The molecule has 1 fully saturated rings. The van der Waals surface area contributed by atoms with Crippen LogP contribution in [0.2, 0.25) is 0 Å². The fourth-order valence-corrected chi connectivity index (χ4v) is 3.10.